The fourth-order valence-corrected chi connectivity index (χ4v) is 4.22. The van der Waals surface area contributed by atoms with Gasteiger partial charge in [0.2, 0.25) is 0 Å². The molecule has 2 heterocycles. The van der Waals surface area contributed by atoms with Crippen LogP contribution in [0, 0.1) is 0 Å². The van der Waals surface area contributed by atoms with Crippen molar-refractivity contribution < 1.29 is 4.79 Å². The molecule has 0 fully saturated rings. The molecule has 4 rings (SSSR count). The minimum Gasteiger partial charge on any atom is -0.297 e. The fourth-order valence-electron chi connectivity index (χ4n) is 4.22. The molecule has 2 aromatic carbocycles. The van der Waals surface area contributed by atoms with Crippen LogP contribution >= 0.6 is 0 Å². The van der Waals surface area contributed by atoms with Crippen LogP contribution in [0.3, 0.4) is 0 Å². The van der Waals surface area contributed by atoms with Crippen molar-refractivity contribution in [1.82, 2.24) is 9.58 Å². The maximum Gasteiger partial charge on any atom is 0.270 e. The van der Waals surface area contributed by atoms with Crippen molar-refractivity contribution in [2.45, 2.75) is 39.2 Å². The number of carbonyl (C=O) groups is 1. The van der Waals surface area contributed by atoms with E-state index in [1.165, 1.54) is 29.4 Å². The quantitative estimate of drug-likeness (QED) is 0.623. The Balaban J connectivity index is 1.61. The van der Waals surface area contributed by atoms with Gasteiger partial charge in [-0.15, -0.1) is 0 Å². The molecule has 0 spiro atoms. The van der Waals surface area contributed by atoms with Gasteiger partial charge in [0.05, 0.1) is 5.52 Å². The Labute approximate surface area is 172 Å². The van der Waals surface area contributed by atoms with E-state index in [2.05, 4.69) is 54.6 Å². The molecule has 4 heteroatoms. The van der Waals surface area contributed by atoms with Gasteiger partial charge in [0, 0.05) is 41.8 Å². The third-order valence-electron chi connectivity index (χ3n) is 5.89. The van der Waals surface area contributed by atoms with E-state index in [0.29, 0.717) is 11.6 Å². The number of carbonyl (C=O) groups excluding carboxylic acids is 1. The zero-order valence-corrected chi connectivity index (χ0v) is 17.3. The predicted octanol–water partition coefficient (Wildman–Crippen LogP) is 5.30. The van der Waals surface area contributed by atoms with E-state index in [-0.39, 0.29) is 5.91 Å². The molecule has 1 aromatic heterocycles. The van der Waals surface area contributed by atoms with Gasteiger partial charge >= 0.3 is 0 Å². The van der Waals surface area contributed by atoms with Gasteiger partial charge in [-0.3, -0.25) is 19.8 Å². The lowest BCUT2D eigenvalue weighted by atomic mass is 9.98. The Morgan fingerprint density at radius 1 is 1.10 bits per heavy atom. The number of amides is 1. The second-order valence-electron chi connectivity index (χ2n) is 7.85. The molecule has 0 saturated heterocycles. The molecule has 0 radical (unpaired) electrons. The lowest BCUT2D eigenvalue weighted by Crippen LogP contribution is -2.36. The zero-order chi connectivity index (χ0) is 20.2. The SMILES string of the molecule is CCCC(C)N1CC=C(c2cn(NC(=O)c3ccccc3)c3ccccc23)CC1. The van der Waals surface area contributed by atoms with Crippen molar-refractivity contribution >= 4 is 22.4 Å². The Morgan fingerprint density at radius 2 is 1.86 bits per heavy atom. The highest BCUT2D eigenvalue weighted by molar-refractivity contribution is 6.02. The first-order valence-electron chi connectivity index (χ1n) is 10.6. The summed E-state index contributed by atoms with van der Waals surface area (Å²) in [4.78, 5) is 15.2. The standard InChI is InChI=1S/C25H29N3O/c1-3-9-19(2)27-16-14-20(15-17-27)23-18-28(24-13-8-7-12-22(23)24)26-25(29)21-10-5-4-6-11-21/h4-8,10-14,18-19H,3,9,15-17H2,1-2H3,(H,26,29). The molecule has 150 valence electrons. The van der Waals surface area contributed by atoms with Crippen LogP contribution in [0.5, 0.6) is 0 Å². The molecule has 0 saturated carbocycles. The van der Waals surface area contributed by atoms with E-state index < -0.39 is 0 Å². The van der Waals surface area contributed by atoms with Gasteiger partial charge in [0.1, 0.15) is 0 Å². The first kappa shape index (κ1) is 19.5. The topological polar surface area (TPSA) is 37.3 Å². The molecule has 0 aliphatic carbocycles. The summed E-state index contributed by atoms with van der Waals surface area (Å²) in [5.74, 6) is -0.102. The largest absolute Gasteiger partial charge is 0.297 e. The monoisotopic (exact) mass is 387 g/mol. The van der Waals surface area contributed by atoms with Crippen molar-refractivity contribution in [3.63, 3.8) is 0 Å². The van der Waals surface area contributed by atoms with Crippen molar-refractivity contribution in [3.05, 3.63) is 78.0 Å². The van der Waals surface area contributed by atoms with Crippen LogP contribution in [-0.4, -0.2) is 34.6 Å². The summed E-state index contributed by atoms with van der Waals surface area (Å²) < 4.78 is 1.87. The highest BCUT2D eigenvalue weighted by Crippen LogP contribution is 2.31. The number of hydrogen-bond donors (Lipinski definition) is 1. The molecule has 1 N–H and O–H groups in total. The molecular weight excluding hydrogens is 358 g/mol. The summed E-state index contributed by atoms with van der Waals surface area (Å²) in [6, 6.07) is 18.2. The van der Waals surface area contributed by atoms with Crippen LogP contribution < -0.4 is 5.43 Å². The lowest BCUT2D eigenvalue weighted by Gasteiger charge is -2.31. The number of nitrogens with one attached hydrogen (secondary N) is 1. The van der Waals surface area contributed by atoms with Crippen LogP contribution in [0.1, 0.15) is 49.0 Å². The van der Waals surface area contributed by atoms with Crippen LogP contribution in [0.2, 0.25) is 0 Å². The summed E-state index contributed by atoms with van der Waals surface area (Å²) >= 11 is 0. The second kappa shape index (κ2) is 8.66. The normalized spacial score (nSPS) is 15.9. The second-order valence-corrected chi connectivity index (χ2v) is 7.85. The van der Waals surface area contributed by atoms with Crippen LogP contribution in [0.15, 0.2) is 66.9 Å². The molecule has 1 amide bonds. The van der Waals surface area contributed by atoms with Crippen molar-refractivity contribution in [2.75, 3.05) is 18.5 Å². The Hall–Kier alpha value is -2.85. The van der Waals surface area contributed by atoms with Crippen LogP contribution in [-0.2, 0) is 0 Å². The third kappa shape index (κ3) is 4.13. The first-order chi connectivity index (χ1) is 14.2. The number of benzene rings is 2. The first-order valence-corrected chi connectivity index (χ1v) is 10.6. The zero-order valence-electron chi connectivity index (χ0n) is 17.3. The molecule has 4 nitrogen and oxygen atoms in total. The van der Waals surface area contributed by atoms with E-state index in [0.717, 1.165) is 25.0 Å². The van der Waals surface area contributed by atoms with Crippen LogP contribution in [0.4, 0.5) is 0 Å². The van der Waals surface area contributed by atoms with Crippen molar-refractivity contribution in [3.8, 4) is 0 Å². The summed E-state index contributed by atoms with van der Waals surface area (Å²) in [5, 5.41) is 1.18. The number of hydrogen-bond acceptors (Lipinski definition) is 2. The third-order valence-corrected chi connectivity index (χ3v) is 5.89. The van der Waals surface area contributed by atoms with E-state index in [4.69, 9.17) is 0 Å². The van der Waals surface area contributed by atoms with Crippen LogP contribution in [0.25, 0.3) is 16.5 Å². The van der Waals surface area contributed by atoms with Gasteiger partial charge in [-0.2, -0.15) is 0 Å². The van der Waals surface area contributed by atoms with Crippen molar-refractivity contribution in [2.24, 2.45) is 0 Å². The van der Waals surface area contributed by atoms with E-state index >= 15 is 0 Å². The molecule has 0 bridgehead atoms. The number of fused-ring (bicyclic) bond motifs is 1. The minimum absolute atomic E-state index is 0.102. The highest BCUT2D eigenvalue weighted by atomic mass is 16.2. The highest BCUT2D eigenvalue weighted by Gasteiger charge is 2.20. The summed E-state index contributed by atoms with van der Waals surface area (Å²) in [6.45, 7) is 6.66. The van der Waals surface area contributed by atoms with Gasteiger partial charge in [-0.25, -0.2) is 0 Å². The maximum atomic E-state index is 12.7. The number of nitrogens with zero attached hydrogens (tertiary/aromatic N) is 2. The fraction of sp³-hybridized carbons (Fsp3) is 0.320. The number of para-hydroxylation sites is 1. The average molecular weight is 388 g/mol. The van der Waals surface area contributed by atoms with E-state index in [1.807, 2.05) is 41.1 Å². The molecule has 1 aliphatic heterocycles. The predicted molar refractivity (Wildman–Crippen MR) is 121 cm³/mol. The number of rotatable bonds is 6. The van der Waals surface area contributed by atoms with Gasteiger partial charge in [-0.05, 0) is 43.5 Å². The molecule has 3 aromatic rings. The average Bonchev–Trinajstić information content (AvgIpc) is 3.13. The maximum absolute atomic E-state index is 12.7. The summed E-state index contributed by atoms with van der Waals surface area (Å²) in [5.41, 5.74) is 7.31. The molecule has 1 aliphatic rings. The Bertz CT molecular complexity index is 1020. The molecule has 29 heavy (non-hydrogen) atoms. The Morgan fingerprint density at radius 3 is 2.59 bits per heavy atom. The summed E-state index contributed by atoms with van der Waals surface area (Å²) in [6.07, 6.45) is 7.94. The lowest BCUT2D eigenvalue weighted by molar-refractivity contribution is 0.101. The Kier molecular flexibility index (Phi) is 5.81. The molecular formula is C25H29N3O. The van der Waals surface area contributed by atoms with Gasteiger partial charge < -0.3 is 0 Å². The molecule has 1 unspecified atom stereocenters. The van der Waals surface area contributed by atoms with Gasteiger partial charge in [0.15, 0.2) is 0 Å². The number of aromatic nitrogens is 1. The minimum atomic E-state index is -0.102. The smallest absolute Gasteiger partial charge is 0.270 e. The molecule has 1 atom stereocenters. The summed E-state index contributed by atoms with van der Waals surface area (Å²) in [7, 11) is 0. The van der Waals surface area contributed by atoms with Gasteiger partial charge in [-0.1, -0.05) is 55.8 Å². The van der Waals surface area contributed by atoms with E-state index in [9.17, 15) is 4.79 Å². The van der Waals surface area contributed by atoms with Gasteiger partial charge in [0.25, 0.3) is 5.91 Å². The van der Waals surface area contributed by atoms with E-state index in [1.54, 1.807) is 0 Å². The van der Waals surface area contributed by atoms with Crippen molar-refractivity contribution in [1.29, 1.82) is 0 Å².